The first kappa shape index (κ1) is 21.0. The van der Waals surface area contributed by atoms with Gasteiger partial charge in [-0.2, -0.15) is 13.2 Å². The molecule has 0 aliphatic heterocycles. The Morgan fingerprint density at radius 1 is 1.16 bits per heavy atom. The van der Waals surface area contributed by atoms with Gasteiger partial charge in [0.2, 0.25) is 5.91 Å². The van der Waals surface area contributed by atoms with Crippen molar-refractivity contribution in [3.8, 4) is 0 Å². The molecule has 1 aromatic carbocycles. The summed E-state index contributed by atoms with van der Waals surface area (Å²) in [5.74, 6) is -1.06. The molecule has 1 amide bonds. The van der Waals surface area contributed by atoms with Crippen LogP contribution in [0.25, 0.3) is 0 Å². The number of alkyl halides is 3. The van der Waals surface area contributed by atoms with Crippen LogP contribution in [-0.2, 0) is 26.9 Å². The molecule has 0 heterocycles. The zero-order valence-corrected chi connectivity index (χ0v) is 14.7. The van der Waals surface area contributed by atoms with Gasteiger partial charge in [-0.1, -0.05) is 12.1 Å². The second-order valence-corrected chi connectivity index (χ2v) is 6.79. The predicted octanol–water partition coefficient (Wildman–Crippen LogP) is 2.38. The van der Waals surface area contributed by atoms with Crippen LogP contribution in [-0.4, -0.2) is 42.0 Å². The third-order valence-corrected chi connectivity index (χ3v) is 3.22. The summed E-state index contributed by atoms with van der Waals surface area (Å²) < 4.78 is 42.7. The van der Waals surface area contributed by atoms with Gasteiger partial charge in [0.25, 0.3) is 0 Å². The summed E-state index contributed by atoms with van der Waals surface area (Å²) in [6.45, 7) is 4.88. The molecule has 0 aliphatic rings. The summed E-state index contributed by atoms with van der Waals surface area (Å²) in [5, 5.41) is 0. The monoisotopic (exact) mass is 360 g/mol. The number of nitrogens with zero attached hydrogens (tertiary/aromatic N) is 1. The molecule has 1 rings (SSSR count). The lowest BCUT2D eigenvalue weighted by molar-refractivity contribution is -0.158. The maximum Gasteiger partial charge on any atom is 0.416 e. The van der Waals surface area contributed by atoms with Crippen LogP contribution in [0.1, 0.15) is 31.9 Å². The number of hydrogen-bond donors (Lipinski definition) is 1. The van der Waals surface area contributed by atoms with E-state index in [0.29, 0.717) is 5.56 Å². The van der Waals surface area contributed by atoms with E-state index in [1.54, 1.807) is 20.8 Å². The van der Waals surface area contributed by atoms with Gasteiger partial charge < -0.3 is 15.4 Å². The summed E-state index contributed by atoms with van der Waals surface area (Å²) in [5.41, 5.74) is 4.88. The normalized spacial score (nSPS) is 13.3. The predicted molar refractivity (Wildman–Crippen MR) is 86.6 cm³/mol. The highest BCUT2D eigenvalue weighted by Crippen LogP contribution is 2.29. The summed E-state index contributed by atoms with van der Waals surface area (Å²) >= 11 is 0. The largest absolute Gasteiger partial charge is 0.459 e. The molecule has 0 spiro atoms. The van der Waals surface area contributed by atoms with Gasteiger partial charge in [0.1, 0.15) is 12.1 Å². The van der Waals surface area contributed by atoms with Crippen molar-refractivity contribution in [1.82, 2.24) is 4.90 Å². The van der Waals surface area contributed by atoms with Gasteiger partial charge in [0.05, 0.1) is 11.6 Å². The standard InChI is InChI=1S/C17H23F3N2O3/c1-16(2,3)25-14(23)10-22(4)15(24)13(21)9-11-5-7-12(8-6-11)17(18,19)20/h5-8,13H,9-10,21H2,1-4H3/t13-/m0/s1. The minimum absolute atomic E-state index is 0.0651. The van der Waals surface area contributed by atoms with E-state index < -0.39 is 35.3 Å². The number of likely N-dealkylation sites (N-methyl/N-ethyl adjacent to an activating group) is 1. The number of halogens is 3. The molecule has 5 nitrogen and oxygen atoms in total. The summed E-state index contributed by atoms with van der Waals surface area (Å²) in [6, 6.07) is 3.48. The fraction of sp³-hybridized carbons (Fsp3) is 0.529. The van der Waals surface area contributed by atoms with Gasteiger partial charge in [-0.05, 0) is 44.9 Å². The van der Waals surface area contributed by atoms with Crippen molar-refractivity contribution in [2.45, 2.75) is 45.0 Å². The molecule has 8 heteroatoms. The Morgan fingerprint density at radius 3 is 2.12 bits per heavy atom. The lowest BCUT2D eigenvalue weighted by atomic mass is 10.0. The SMILES string of the molecule is CN(CC(=O)OC(C)(C)C)C(=O)[C@@H](N)Cc1ccc(C(F)(F)F)cc1. The molecule has 1 aromatic rings. The van der Waals surface area contributed by atoms with Crippen molar-refractivity contribution in [3.05, 3.63) is 35.4 Å². The maximum atomic E-state index is 12.5. The van der Waals surface area contributed by atoms with E-state index in [9.17, 15) is 22.8 Å². The molecule has 140 valence electrons. The van der Waals surface area contributed by atoms with Crippen LogP contribution in [0, 0.1) is 0 Å². The molecular formula is C17H23F3N2O3. The van der Waals surface area contributed by atoms with Gasteiger partial charge >= 0.3 is 12.1 Å². The van der Waals surface area contributed by atoms with Crippen LogP contribution >= 0.6 is 0 Å². The van der Waals surface area contributed by atoms with Crippen LogP contribution in [0.5, 0.6) is 0 Å². The van der Waals surface area contributed by atoms with Crippen LogP contribution in [0.15, 0.2) is 24.3 Å². The zero-order valence-electron chi connectivity index (χ0n) is 14.7. The zero-order chi connectivity index (χ0) is 19.4. The van der Waals surface area contributed by atoms with Crippen molar-refractivity contribution in [3.63, 3.8) is 0 Å². The van der Waals surface area contributed by atoms with E-state index in [-0.39, 0.29) is 13.0 Å². The molecule has 0 fully saturated rings. The second-order valence-electron chi connectivity index (χ2n) is 6.79. The van der Waals surface area contributed by atoms with Gasteiger partial charge in [0, 0.05) is 7.05 Å². The number of esters is 1. The molecule has 1 atom stereocenters. The summed E-state index contributed by atoms with van der Waals surface area (Å²) in [7, 11) is 1.42. The molecule has 0 saturated heterocycles. The van der Waals surface area contributed by atoms with E-state index >= 15 is 0 Å². The van der Waals surface area contributed by atoms with Crippen molar-refractivity contribution < 1.29 is 27.5 Å². The Hall–Kier alpha value is -2.09. The average Bonchev–Trinajstić information content (AvgIpc) is 2.43. The Bertz CT molecular complexity index is 607. The Balaban J connectivity index is 2.62. The smallest absolute Gasteiger partial charge is 0.416 e. The number of amides is 1. The lowest BCUT2D eigenvalue weighted by Crippen LogP contribution is -2.45. The van der Waals surface area contributed by atoms with E-state index in [1.165, 1.54) is 19.2 Å². The first-order valence-electron chi connectivity index (χ1n) is 7.68. The van der Waals surface area contributed by atoms with Crippen LogP contribution in [0.2, 0.25) is 0 Å². The molecule has 0 aliphatic carbocycles. The number of carbonyl (C=O) groups is 2. The van der Waals surface area contributed by atoms with Gasteiger partial charge in [-0.25, -0.2) is 0 Å². The third-order valence-electron chi connectivity index (χ3n) is 3.22. The molecule has 0 saturated carbocycles. The summed E-state index contributed by atoms with van der Waals surface area (Å²) in [6.07, 6.45) is -4.35. The van der Waals surface area contributed by atoms with Gasteiger partial charge in [-0.3, -0.25) is 9.59 Å². The number of benzene rings is 1. The van der Waals surface area contributed by atoms with E-state index in [1.807, 2.05) is 0 Å². The average molecular weight is 360 g/mol. The first-order valence-corrected chi connectivity index (χ1v) is 7.68. The van der Waals surface area contributed by atoms with Crippen molar-refractivity contribution in [2.24, 2.45) is 5.73 Å². The number of carbonyl (C=O) groups excluding carboxylic acids is 2. The Kier molecular flexibility index (Phi) is 6.59. The van der Waals surface area contributed by atoms with Crippen LogP contribution in [0.3, 0.4) is 0 Å². The third kappa shape index (κ3) is 7.13. The van der Waals surface area contributed by atoms with E-state index in [0.717, 1.165) is 17.0 Å². The maximum absolute atomic E-state index is 12.5. The summed E-state index contributed by atoms with van der Waals surface area (Å²) in [4.78, 5) is 25.1. The fourth-order valence-corrected chi connectivity index (χ4v) is 2.10. The quantitative estimate of drug-likeness (QED) is 0.819. The minimum Gasteiger partial charge on any atom is -0.459 e. The van der Waals surface area contributed by atoms with Crippen molar-refractivity contribution in [2.75, 3.05) is 13.6 Å². The van der Waals surface area contributed by atoms with E-state index in [4.69, 9.17) is 10.5 Å². The topological polar surface area (TPSA) is 72.6 Å². The van der Waals surface area contributed by atoms with E-state index in [2.05, 4.69) is 0 Å². The highest BCUT2D eigenvalue weighted by Gasteiger charge is 2.30. The molecule has 0 radical (unpaired) electrons. The molecule has 0 bridgehead atoms. The lowest BCUT2D eigenvalue weighted by Gasteiger charge is -2.24. The number of hydrogen-bond acceptors (Lipinski definition) is 4. The molecule has 0 unspecified atom stereocenters. The minimum atomic E-state index is -4.41. The second kappa shape index (κ2) is 7.86. The van der Waals surface area contributed by atoms with Crippen molar-refractivity contribution >= 4 is 11.9 Å². The Morgan fingerprint density at radius 2 is 1.68 bits per heavy atom. The molecule has 0 aromatic heterocycles. The van der Waals surface area contributed by atoms with Gasteiger partial charge in [0.15, 0.2) is 0 Å². The number of rotatable bonds is 5. The molecule has 25 heavy (non-hydrogen) atoms. The first-order chi connectivity index (χ1) is 11.3. The highest BCUT2D eigenvalue weighted by atomic mass is 19.4. The number of nitrogens with two attached hydrogens (primary N) is 1. The van der Waals surface area contributed by atoms with Crippen LogP contribution < -0.4 is 5.73 Å². The van der Waals surface area contributed by atoms with Crippen LogP contribution in [0.4, 0.5) is 13.2 Å². The highest BCUT2D eigenvalue weighted by molar-refractivity contribution is 5.85. The molecular weight excluding hydrogens is 337 g/mol. The fourth-order valence-electron chi connectivity index (χ4n) is 2.10. The number of ether oxygens (including phenoxy) is 1. The Labute approximate surface area is 144 Å². The van der Waals surface area contributed by atoms with Crippen molar-refractivity contribution in [1.29, 1.82) is 0 Å². The van der Waals surface area contributed by atoms with Gasteiger partial charge in [-0.15, -0.1) is 0 Å². The molecule has 2 N–H and O–H groups in total.